The van der Waals surface area contributed by atoms with Gasteiger partial charge >= 0.3 is 0 Å². The van der Waals surface area contributed by atoms with Crippen molar-refractivity contribution >= 4 is 5.91 Å². The van der Waals surface area contributed by atoms with E-state index < -0.39 is 5.60 Å². The van der Waals surface area contributed by atoms with Crippen LogP contribution in [0.5, 0.6) is 0 Å². The molecule has 1 amide bonds. The Labute approximate surface area is 115 Å². The maximum Gasteiger partial charge on any atom is 0.251 e. The van der Waals surface area contributed by atoms with Crippen LogP contribution in [0.4, 0.5) is 0 Å². The van der Waals surface area contributed by atoms with Crippen molar-refractivity contribution in [2.45, 2.75) is 51.6 Å². The zero-order valence-electron chi connectivity index (χ0n) is 11.8. The van der Waals surface area contributed by atoms with Crippen molar-refractivity contribution in [3.8, 4) is 0 Å². The number of aryl methyl sites for hydroxylation is 2. The Hall–Kier alpha value is -1.35. The number of hydrogen-bond donors (Lipinski definition) is 2. The highest BCUT2D eigenvalue weighted by Crippen LogP contribution is 2.27. The van der Waals surface area contributed by atoms with Crippen LogP contribution in [0, 0.1) is 13.8 Å². The van der Waals surface area contributed by atoms with Gasteiger partial charge < -0.3 is 10.4 Å². The van der Waals surface area contributed by atoms with Crippen molar-refractivity contribution in [3.05, 3.63) is 34.9 Å². The van der Waals surface area contributed by atoms with Gasteiger partial charge in [0.2, 0.25) is 0 Å². The van der Waals surface area contributed by atoms with E-state index in [9.17, 15) is 9.90 Å². The molecule has 1 aromatic rings. The summed E-state index contributed by atoms with van der Waals surface area (Å²) in [6, 6.07) is 5.84. The number of carbonyl (C=O) groups is 1. The van der Waals surface area contributed by atoms with Crippen LogP contribution in [0.3, 0.4) is 0 Å². The van der Waals surface area contributed by atoms with E-state index in [4.69, 9.17) is 0 Å². The van der Waals surface area contributed by atoms with Gasteiger partial charge in [-0.15, -0.1) is 0 Å². The second-order valence-corrected chi connectivity index (χ2v) is 5.73. The van der Waals surface area contributed by atoms with Gasteiger partial charge in [0.25, 0.3) is 5.91 Å². The van der Waals surface area contributed by atoms with Crippen LogP contribution in [0.25, 0.3) is 0 Å². The predicted molar refractivity (Wildman–Crippen MR) is 76.3 cm³/mol. The lowest BCUT2D eigenvalue weighted by atomic mass is 9.85. The molecule has 0 unspecified atom stereocenters. The second-order valence-electron chi connectivity index (χ2n) is 5.73. The Kier molecular flexibility index (Phi) is 4.25. The molecule has 19 heavy (non-hydrogen) atoms. The standard InChI is InChI=1S/C16H23NO2/c1-12-7-6-8-13(2)14(12)15(18)17-11-16(19)9-4-3-5-10-16/h6-8,19H,3-5,9-11H2,1-2H3,(H,17,18). The Morgan fingerprint density at radius 2 is 1.79 bits per heavy atom. The van der Waals surface area contributed by atoms with Gasteiger partial charge in [0, 0.05) is 12.1 Å². The predicted octanol–water partition coefficient (Wildman–Crippen LogP) is 2.73. The summed E-state index contributed by atoms with van der Waals surface area (Å²) < 4.78 is 0. The second kappa shape index (κ2) is 5.74. The van der Waals surface area contributed by atoms with Crippen molar-refractivity contribution in [2.24, 2.45) is 0 Å². The largest absolute Gasteiger partial charge is 0.388 e. The summed E-state index contributed by atoms with van der Waals surface area (Å²) in [5, 5.41) is 13.3. The monoisotopic (exact) mass is 261 g/mol. The van der Waals surface area contributed by atoms with Gasteiger partial charge in [-0.25, -0.2) is 0 Å². The van der Waals surface area contributed by atoms with Gasteiger partial charge in [-0.05, 0) is 37.8 Å². The minimum absolute atomic E-state index is 0.0744. The Bertz CT molecular complexity index is 442. The van der Waals surface area contributed by atoms with Gasteiger partial charge in [-0.1, -0.05) is 37.5 Å². The number of nitrogens with one attached hydrogen (secondary N) is 1. The molecule has 0 radical (unpaired) electrons. The summed E-state index contributed by atoms with van der Waals surface area (Å²) in [6.07, 6.45) is 4.87. The summed E-state index contributed by atoms with van der Waals surface area (Å²) in [7, 11) is 0. The quantitative estimate of drug-likeness (QED) is 0.879. The fourth-order valence-electron chi connectivity index (χ4n) is 2.89. The summed E-state index contributed by atoms with van der Waals surface area (Å²) in [4.78, 5) is 12.2. The molecule has 1 fully saturated rings. The summed E-state index contributed by atoms with van der Waals surface area (Å²) in [5.41, 5.74) is 1.99. The van der Waals surface area contributed by atoms with E-state index in [1.807, 2.05) is 32.0 Å². The first-order chi connectivity index (χ1) is 9.02. The molecule has 3 heteroatoms. The molecule has 0 atom stereocenters. The maximum absolute atomic E-state index is 12.2. The van der Waals surface area contributed by atoms with Gasteiger partial charge in [0.05, 0.1) is 5.60 Å². The van der Waals surface area contributed by atoms with Crippen LogP contribution >= 0.6 is 0 Å². The van der Waals surface area contributed by atoms with E-state index in [1.165, 1.54) is 6.42 Å². The van der Waals surface area contributed by atoms with Gasteiger partial charge in [0.15, 0.2) is 0 Å². The van der Waals surface area contributed by atoms with E-state index in [2.05, 4.69) is 5.32 Å². The number of hydrogen-bond acceptors (Lipinski definition) is 2. The van der Waals surface area contributed by atoms with Crippen molar-refractivity contribution in [1.29, 1.82) is 0 Å². The van der Waals surface area contributed by atoms with Crippen LogP contribution in [0.1, 0.15) is 53.6 Å². The number of rotatable bonds is 3. The van der Waals surface area contributed by atoms with Crippen LogP contribution < -0.4 is 5.32 Å². The first-order valence-electron chi connectivity index (χ1n) is 7.09. The number of carbonyl (C=O) groups excluding carboxylic acids is 1. The molecule has 3 nitrogen and oxygen atoms in total. The molecule has 0 heterocycles. The fourth-order valence-corrected chi connectivity index (χ4v) is 2.89. The van der Waals surface area contributed by atoms with E-state index in [0.717, 1.165) is 42.4 Å². The van der Waals surface area contributed by atoms with E-state index in [1.54, 1.807) is 0 Å². The van der Waals surface area contributed by atoms with Gasteiger partial charge in [-0.2, -0.15) is 0 Å². The van der Waals surface area contributed by atoms with Crippen molar-refractivity contribution in [2.75, 3.05) is 6.54 Å². The molecule has 1 aromatic carbocycles. The van der Waals surface area contributed by atoms with Crippen LogP contribution in [-0.2, 0) is 0 Å². The summed E-state index contributed by atoms with van der Waals surface area (Å²) in [5.74, 6) is -0.0744. The SMILES string of the molecule is Cc1cccc(C)c1C(=O)NCC1(O)CCCCC1. The minimum atomic E-state index is -0.704. The molecule has 0 bridgehead atoms. The normalized spacial score (nSPS) is 18.1. The molecular weight excluding hydrogens is 238 g/mol. The fraction of sp³-hybridized carbons (Fsp3) is 0.562. The van der Waals surface area contributed by atoms with E-state index in [0.29, 0.717) is 6.54 Å². The summed E-state index contributed by atoms with van der Waals surface area (Å²) >= 11 is 0. The zero-order valence-corrected chi connectivity index (χ0v) is 11.8. The number of benzene rings is 1. The van der Waals surface area contributed by atoms with Gasteiger partial charge in [-0.3, -0.25) is 4.79 Å². The van der Waals surface area contributed by atoms with E-state index >= 15 is 0 Å². The molecule has 1 saturated carbocycles. The lowest BCUT2D eigenvalue weighted by molar-refractivity contribution is 0.00524. The molecule has 2 N–H and O–H groups in total. The molecule has 1 aliphatic rings. The average molecular weight is 261 g/mol. The molecule has 1 aliphatic carbocycles. The molecule has 0 aliphatic heterocycles. The highest BCUT2D eigenvalue weighted by molar-refractivity contribution is 5.97. The first-order valence-corrected chi connectivity index (χ1v) is 7.09. The lowest BCUT2D eigenvalue weighted by Crippen LogP contribution is -2.44. The molecule has 0 saturated heterocycles. The Morgan fingerprint density at radius 1 is 1.21 bits per heavy atom. The van der Waals surface area contributed by atoms with Crippen LogP contribution in [0.2, 0.25) is 0 Å². The molecule has 2 rings (SSSR count). The van der Waals surface area contributed by atoms with Crippen LogP contribution in [-0.4, -0.2) is 23.2 Å². The third kappa shape index (κ3) is 3.35. The Morgan fingerprint density at radius 3 is 2.37 bits per heavy atom. The molecular formula is C16H23NO2. The van der Waals surface area contributed by atoms with Crippen molar-refractivity contribution in [3.63, 3.8) is 0 Å². The topological polar surface area (TPSA) is 49.3 Å². The molecule has 104 valence electrons. The van der Waals surface area contributed by atoms with Gasteiger partial charge in [0.1, 0.15) is 0 Å². The number of amides is 1. The third-order valence-corrected chi connectivity index (χ3v) is 4.07. The molecule has 0 spiro atoms. The highest BCUT2D eigenvalue weighted by Gasteiger charge is 2.29. The maximum atomic E-state index is 12.2. The summed E-state index contributed by atoms with van der Waals surface area (Å²) in [6.45, 7) is 4.24. The van der Waals surface area contributed by atoms with E-state index in [-0.39, 0.29) is 5.91 Å². The van der Waals surface area contributed by atoms with Crippen LogP contribution in [0.15, 0.2) is 18.2 Å². The third-order valence-electron chi connectivity index (χ3n) is 4.07. The minimum Gasteiger partial charge on any atom is -0.388 e. The number of aliphatic hydroxyl groups is 1. The first kappa shape index (κ1) is 14.1. The smallest absolute Gasteiger partial charge is 0.251 e. The zero-order chi connectivity index (χ0) is 13.9. The van der Waals surface area contributed by atoms with Crippen molar-refractivity contribution in [1.82, 2.24) is 5.32 Å². The Balaban J connectivity index is 2.01. The lowest BCUT2D eigenvalue weighted by Gasteiger charge is -2.32. The molecule has 0 aromatic heterocycles. The highest BCUT2D eigenvalue weighted by atomic mass is 16.3. The average Bonchev–Trinajstić information content (AvgIpc) is 2.37. The van der Waals surface area contributed by atoms with Crippen molar-refractivity contribution < 1.29 is 9.90 Å².